The van der Waals surface area contributed by atoms with E-state index in [1.165, 1.54) is 0 Å². The molecular weight excluding hydrogens is 368 g/mol. The Kier molecular flexibility index (Phi) is 6.04. The highest BCUT2D eigenvalue weighted by Crippen LogP contribution is 2.33. The van der Waals surface area contributed by atoms with Crippen molar-refractivity contribution in [2.24, 2.45) is 4.99 Å². The fourth-order valence-corrected chi connectivity index (χ4v) is 2.73. The van der Waals surface area contributed by atoms with E-state index < -0.39 is 0 Å². The van der Waals surface area contributed by atoms with Crippen LogP contribution in [0.1, 0.15) is 12.5 Å². The van der Waals surface area contributed by atoms with Crippen molar-refractivity contribution >= 4 is 33.1 Å². The molecule has 0 aromatic heterocycles. The van der Waals surface area contributed by atoms with Gasteiger partial charge in [0.2, 0.25) is 0 Å². The molecule has 0 aliphatic rings. The van der Waals surface area contributed by atoms with Crippen LogP contribution in [0.25, 0.3) is 5.70 Å². The highest BCUT2D eigenvalue weighted by Gasteiger charge is 2.18. The van der Waals surface area contributed by atoms with Crippen LogP contribution in [-0.4, -0.2) is 27.1 Å². The topological polar surface area (TPSA) is 34.1 Å². The number of ether oxygens (including phenoxy) is 2. The third-order valence-corrected chi connectivity index (χ3v) is 4.22. The zero-order valence-electron chi connectivity index (χ0n) is 14.3. The highest BCUT2D eigenvalue weighted by molar-refractivity contribution is 9.10. The van der Waals surface area contributed by atoms with Gasteiger partial charge >= 0.3 is 0 Å². The van der Waals surface area contributed by atoms with E-state index >= 15 is 0 Å². The van der Waals surface area contributed by atoms with E-state index in [0.717, 1.165) is 38.8 Å². The molecule has 5 heteroatoms. The van der Waals surface area contributed by atoms with Crippen LogP contribution in [-0.2, 0) is 0 Å². The zero-order chi connectivity index (χ0) is 17.7. The summed E-state index contributed by atoms with van der Waals surface area (Å²) in [4.78, 5) is 6.32. The fraction of sp³-hybridized carbons (Fsp3) is 0.211. The van der Waals surface area contributed by atoms with Crippen LogP contribution in [0.5, 0.6) is 11.5 Å². The van der Waals surface area contributed by atoms with Crippen molar-refractivity contribution in [3.05, 3.63) is 59.1 Å². The average Bonchev–Trinajstić information content (AvgIpc) is 2.61. The minimum Gasteiger partial charge on any atom is -0.497 e. The second kappa shape index (κ2) is 8.02. The molecule has 126 valence electrons. The second-order valence-electron chi connectivity index (χ2n) is 5.10. The van der Waals surface area contributed by atoms with Gasteiger partial charge in [-0.2, -0.15) is 0 Å². The molecular formula is C19H21BrN2O2. The Morgan fingerprint density at radius 2 is 1.75 bits per heavy atom. The molecule has 0 fully saturated rings. The monoisotopic (exact) mass is 388 g/mol. The molecule has 0 saturated carbocycles. The Bertz CT molecular complexity index is 754. The Balaban J connectivity index is 2.50. The largest absolute Gasteiger partial charge is 0.497 e. The van der Waals surface area contributed by atoms with E-state index in [0.29, 0.717) is 0 Å². The number of amidine groups is 1. The lowest BCUT2D eigenvalue weighted by Gasteiger charge is -2.27. The molecule has 2 aromatic rings. The normalized spacial score (nSPS) is 11.1. The first kappa shape index (κ1) is 18.1. The van der Waals surface area contributed by atoms with Gasteiger partial charge in [0.15, 0.2) is 0 Å². The van der Waals surface area contributed by atoms with Gasteiger partial charge in [0, 0.05) is 22.8 Å². The molecule has 4 nitrogen and oxygen atoms in total. The number of hydrogen-bond donors (Lipinski definition) is 0. The first-order valence-electron chi connectivity index (χ1n) is 7.42. The van der Waals surface area contributed by atoms with Crippen LogP contribution in [0, 0.1) is 0 Å². The molecule has 0 heterocycles. The van der Waals surface area contributed by atoms with Crippen LogP contribution in [0.3, 0.4) is 0 Å². The van der Waals surface area contributed by atoms with Gasteiger partial charge in [-0.25, -0.2) is 0 Å². The van der Waals surface area contributed by atoms with Crippen LogP contribution in [0.2, 0.25) is 0 Å². The maximum Gasteiger partial charge on any atom is 0.129 e. The summed E-state index contributed by atoms with van der Waals surface area (Å²) in [6, 6.07) is 13.6. The number of halogens is 1. The molecule has 0 aliphatic heterocycles. The average molecular weight is 389 g/mol. The summed E-state index contributed by atoms with van der Waals surface area (Å²) in [6.45, 7) is 6.22. The molecule has 0 bridgehead atoms. The Morgan fingerprint density at radius 1 is 1.08 bits per heavy atom. The molecule has 2 aromatic carbocycles. The van der Waals surface area contributed by atoms with Crippen molar-refractivity contribution in [3.8, 4) is 11.5 Å². The van der Waals surface area contributed by atoms with E-state index in [-0.39, 0.29) is 0 Å². The van der Waals surface area contributed by atoms with E-state index in [2.05, 4.69) is 27.5 Å². The molecule has 0 saturated heterocycles. The minimum absolute atomic E-state index is 0.747. The lowest BCUT2D eigenvalue weighted by atomic mass is 10.1. The number of methoxy groups -OCH3 is 2. The van der Waals surface area contributed by atoms with Gasteiger partial charge in [0.1, 0.15) is 17.3 Å². The predicted octanol–water partition coefficient (Wildman–Crippen LogP) is 4.99. The molecule has 24 heavy (non-hydrogen) atoms. The van der Waals surface area contributed by atoms with Crippen LogP contribution in [0.4, 0.5) is 5.69 Å². The molecule has 0 spiro atoms. The van der Waals surface area contributed by atoms with E-state index in [4.69, 9.17) is 9.47 Å². The van der Waals surface area contributed by atoms with Crippen molar-refractivity contribution in [2.75, 3.05) is 26.2 Å². The lowest BCUT2D eigenvalue weighted by Crippen LogP contribution is -2.26. The number of nitrogens with zero attached hydrogens (tertiary/aromatic N) is 2. The van der Waals surface area contributed by atoms with Crippen molar-refractivity contribution in [2.45, 2.75) is 6.92 Å². The molecule has 0 atom stereocenters. The third kappa shape index (κ3) is 3.79. The quantitative estimate of drug-likeness (QED) is 0.534. The summed E-state index contributed by atoms with van der Waals surface area (Å²) in [5.74, 6) is 2.38. The maximum atomic E-state index is 5.51. The molecule has 0 unspecified atom stereocenters. The van der Waals surface area contributed by atoms with Crippen LogP contribution < -0.4 is 14.4 Å². The highest BCUT2D eigenvalue weighted by atomic mass is 79.9. The van der Waals surface area contributed by atoms with Gasteiger partial charge < -0.3 is 9.47 Å². The molecule has 0 radical (unpaired) electrons. The number of anilines is 1. The Morgan fingerprint density at radius 3 is 2.29 bits per heavy atom. The van der Waals surface area contributed by atoms with Gasteiger partial charge in [-0.15, -0.1) is 0 Å². The van der Waals surface area contributed by atoms with Gasteiger partial charge in [-0.1, -0.05) is 22.5 Å². The van der Waals surface area contributed by atoms with Gasteiger partial charge in [-0.05, 0) is 49.4 Å². The zero-order valence-corrected chi connectivity index (χ0v) is 15.9. The van der Waals surface area contributed by atoms with Crippen molar-refractivity contribution in [1.29, 1.82) is 0 Å². The smallest absolute Gasteiger partial charge is 0.129 e. The molecule has 0 N–H and O–H groups in total. The summed E-state index contributed by atoms with van der Waals surface area (Å²) in [7, 11) is 5.06. The summed E-state index contributed by atoms with van der Waals surface area (Å²) < 4.78 is 11.7. The van der Waals surface area contributed by atoms with Gasteiger partial charge in [0.25, 0.3) is 0 Å². The number of benzene rings is 2. The second-order valence-corrected chi connectivity index (χ2v) is 6.01. The van der Waals surface area contributed by atoms with Crippen LogP contribution in [0.15, 0.2) is 58.5 Å². The maximum absolute atomic E-state index is 5.51. The number of aliphatic imine (C=N–C) groups is 1. The van der Waals surface area contributed by atoms with Crippen molar-refractivity contribution < 1.29 is 9.47 Å². The first-order valence-corrected chi connectivity index (χ1v) is 8.21. The first-order chi connectivity index (χ1) is 11.5. The molecule has 2 rings (SSSR count). The lowest BCUT2D eigenvalue weighted by molar-refractivity contribution is 0.413. The van der Waals surface area contributed by atoms with Gasteiger partial charge in [0.05, 0.1) is 19.9 Å². The van der Waals surface area contributed by atoms with Crippen molar-refractivity contribution in [1.82, 2.24) is 0 Å². The van der Waals surface area contributed by atoms with E-state index in [1.54, 1.807) is 21.3 Å². The summed E-state index contributed by atoms with van der Waals surface area (Å²) in [5, 5.41) is 0. The van der Waals surface area contributed by atoms with Gasteiger partial charge in [-0.3, -0.25) is 9.89 Å². The van der Waals surface area contributed by atoms with Crippen molar-refractivity contribution in [3.63, 3.8) is 0 Å². The predicted molar refractivity (Wildman–Crippen MR) is 104 cm³/mol. The third-order valence-electron chi connectivity index (χ3n) is 3.72. The Hall–Kier alpha value is -2.27. The standard InChI is InChI=1S/C19H21BrN2O2/c1-13(18-11-6-15(20)12-19(18)24-5)22(14(2)21-3)16-7-9-17(23-4)10-8-16/h6-12H,1H2,2-5H3/b21-14-. The van der Waals surface area contributed by atoms with E-state index in [9.17, 15) is 0 Å². The molecule has 0 amide bonds. The van der Waals surface area contributed by atoms with E-state index in [1.807, 2.05) is 54.3 Å². The summed E-state index contributed by atoms with van der Waals surface area (Å²) in [6.07, 6.45) is 0. The number of rotatable bonds is 5. The summed E-state index contributed by atoms with van der Waals surface area (Å²) >= 11 is 3.47. The minimum atomic E-state index is 0.747. The molecule has 0 aliphatic carbocycles. The number of hydrogen-bond acceptors (Lipinski definition) is 3. The SMILES string of the molecule is C=C(c1ccc(Br)cc1OC)N(/C(C)=N\C)c1ccc(OC)cc1. The Labute approximate surface area is 151 Å². The fourth-order valence-electron chi connectivity index (χ4n) is 2.39. The van der Waals surface area contributed by atoms with Crippen LogP contribution >= 0.6 is 15.9 Å². The summed E-state index contributed by atoms with van der Waals surface area (Å²) in [5.41, 5.74) is 2.64.